The Kier molecular flexibility index (Phi) is 5.61. The molecule has 0 spiro atoms. The van der Waals surface area contributed by atoms with Gasteiger partial charge in [0.1, 0.15) is 0 Å². The van der Waals surface area contributed by atoms with E-state index in [1.165, 1.54) is 32.1 Å². The zero-order valence-corrected chi connectivity index (χ0v) is 9.35. The third-order valence-electron chi connectivity index (χ3n) is 2.86. The Morgan fingerprint density at radius 3 is 2.50 bits per heavy atom. The predicted octanol–water partition coefficient (Wildman–Crippen LogP) is 2.14. The number of hydrogen-bond donors (Lipinski definition) is 1. The summed E-state index contributed by atoms with van der Waals surface area (Å²) in [5.74, 6) is -1.03. The van der Waals surface area contributed by atoms with Crippen molar-refractivity contribution in [3.8, 4) is 0 Å². The van der Waals surface area contributed by atoms with Crippen LogP contribution >= 0.6 is 0 Å². The van der Waals surface area contributed by atoms with Crippen molar-refractivity contribution >= 4 is 11.9 Å². The Labute approximate surface area is 95.3 Å². The molecular formula is C12H18O4. The summed E-state index contributed by atoms with van der Waals surface area (Å²) in [5, 5.41) is 8.30. The molecule has 16 heavy (non-hydrogen) atoms. The fourth-order valence-electron chi connectivity index (χ4n) is 1.99. The first-order valence-electron chi connectivity index (χ1n) is 5.76. The number of carbonyl (C=O) groups is 2. The topological polar surface area (TPSA) is 63.6 Å². The molecule has 0 aliphatic heterocycles. The van der Waals surface area contributed by atoms with Gasteiger partial charge in [-0.15, -0.1) is 0 Å². The van der Waals surface area contributed by atoms with Gasteiger partial charge in [-0.2, -0.15) is 0 Å². The molecule has 0 aromatic heterocycles. The van der Waals surface area contributed by atoms with E-state index < -0.39 is 11.9 Å². The molecular weight excluding hydrogens is 208 g/mol. The summed E-state index contributed by atoms with van der Waals surface area (Å²) in [6.07, 6.45) is 8.95. The molecule has 0 aromatic carbocycles. The molecule has 0 atom stereocenters. The second-order valence-electron chi connectivity index (χ2n) is 4.13. The van der Waals surface area contributed by atoms with E-state index >= 15 is 0 Å². The van der Waals surface area contributed by atoms with Crippen molar-refractivity contribution in [2.24, 2.45) is 5.92 Å². The molecule has 90 valence electrons. The number of carbonyl (C=O) groups excluding carboxylic acids is 1. The first-order valence-corrected chi connectivity index (χ1v) is 5.76. The van der Waals surface area contributed by atoms with Crippen molar-refractivity contribution in [3.05, 3.63) is 12.2 Å². The van der Waals surface area contributed by atoms with Crippen molar-refractivity contribution in [1.29, 1.82) is 0 Å². The SMILES string of the molecule is O=C(O)C=CC(=O)OCCC1CCCCC1. The molecule has 0 unspecified atom stereocenters. The molecule has 0 bridgehead atoms. The number of carboxylic acids is 1. The monoisotopic (exact) mass is 226 g/mol. The second kappa shape index (κ2) is 7.04. The van der Waals surface area contributed by atoms with Crippen LogP contribution in [0.15, 0.2) is 12.2 Å². The fraction of sp³-hybridized carbons (Fsp3) is 0.667. The van der Waals surface area contributed by atoms with Crippen LogP contribution in [0.4, 0.5) is 0 Å². The largest absolute Gasteiger partial charge is 0.478 e. The average Bonchev–Trinajstić information content (AvgIpc) is 2.28. The summed E-state index contributed by atoms with van der Waals surface area (Å²) < 4.78 is 4.91. The Bertz CT molecular complexity index is 264. The molecule has 1 saturated carbocycles. The lowest BCUT2D eigenvalue weighted by Gasteiger charge is -2.20. The maximum atomic E-state index is 11.0. The Hall–Kier alpha value is -1.32. The standard InChI is InChI=1S/C12H18O4/c13-11(14)6-7-12(15)16-9-8-10-4-2-1-3-5-10/h6-7,10H,1-5,8-9H2,(H,13,14). The van der Waals surface area contributed by atoms with Gasteiger partial charge >= 0.3 is 11.9 Å². The highest BCUT2D eigenvalue weighted by atomic mass is 16.5. The van der Waals surface area contributed by atoms with E-state index in [0.717, 1.165) is 18.6 Å². The van der Waals surface area contributed by atoms with E-state index in [4.69, 9.17) is 9.84 Å². The van der Waals surface area contributed by atoms with Crippen LogP contribution in [0.3, 0.4) is 0 Å². The molecule has 0 radical (unpaired) electrons. The highest BCUT2D eigenvalue weighted by Crippen LogP contribution is 2.25. The van der Waals surface area contributed by atoms with E-state index in [-0.39, 0.29) is 0 Å². The number of ether oxygens (including phenoxy) is 1. The summed E-state index contributed by atoms with van der Waals surface area (Å²) in [4.78, 5) is 21.1. The summed E-state index contributed by atoms with van der Waals surface area (Å²) >= 11 is 0. The number of rotatable bonds is 5. The van der Waals surface area contributed by atoms with Crippen molar-refractivity contribution in [3.63, 3.8) is 0 Å². The highest BCUT2D eigenvalue weighted by Gasteiger charge is 2.13. The van der Waals surface area contributed by atoms with Gasteiger partial charge < -0.3 is 9.84 Å². The van der Waals surface area contributed by atoms with E-state index in [2.05, 4.69) is 0 Å². The van der Waals surface area contributed by atoms with Gasteiger partial charge in [0.05, 0.1) is 6.61 Å². The zero-order chi connectivity index (χ0) is 11.8. The van der Waals surface area contributed by atoms with Crippen LogP contribution in [0.1, 0.15) is 38.5 Å². The van der Waals surface area contributed by atoms with Gasteiger partial charge in [-0.25, -0.2) is 9.59 Å². The Morgan fingerprint density at radius 1 is 1.19 bits per heavy atom. The fourth-order valence-corrected chi connectivity index (χ4v) is 1.99. The summed E-state index contributed by atoms with van der Waals surface area (Å²) in [6, 6.07) is 0. The lowest BCUT2D eigenvalue weighted by Crippen LogP contribution is -2.11. The highest BCUT2D eigenvalue weighted by molar-refractivity contribution is 5.90. The minimum Gasteiger partial charge on any atom is -0.478 e. The lowest BCUT2D eigenvalue weighted by molar-refractivity contribution is -0.139. The summed E-state index contributed by atoms with van der Waals surface area (Å²) in [5.41, 5.74) is 0. The van der Waals surface area contributed by atoms with Crippen molar-refractivity contribution < 1.29 is 19.4 Å². The molecule has 1 fully saturated rings. The molecule has 1 rings (SSSR count). The molecule has 4 heteroatoms. The number of aliphatic carboxylic acids is 1. The van der Waals surface area contributed by atoms with Crippen LogP contribution in [0.2, 0.25) is 0 Å². The maximum absolute atomic E-state index is 11.0. The van der Waals surface area contributed by atoms with Crippen molar-refractivity contribution in [1.82, 2.24) is 0 Å². The molecule has 0 heterocycles. The van der Waals surface area contributed by atoms with Crippen LogP contribution < -0.4 is 0 Å². The van der Waals surface area contributed by atoms with Gasteiger partial charge in [-0.05, 0) is 12.3 Å². The lowest BCUT2D eigenvalue weighted by atomic mass is 9.87. The van der Waals surface area contributed by atoms with Gasteiger partial charge in [0.15, 0.2) is 0 Å². The van der Waals surface area contributed by atoms with E-state index in [1.807, 2.05) is 0 Å². The molecule has 0 aromatic rings. The molecule has 1 N–H and O–H groups in total. The van der Waals surface area contributed by atoms with E-state index in [0.29, 0.717) is 12.5 Å². The molecule has 1 aliphatic carbocycles. The maximum Gasteiger partial charge on any atom is 0.331 e. The third-order valence-corrected chi connectivity index (χ3v) is 2.86. The smallest absolute Gasteiger partial charge is 0.331 e. The van der Waals surface area contributed by atoms with Crippen LogP contribution in [0, 0.1) is 5.92 Å². The predicted molar refractivity (Wildman–Crippen MR) is 58.9 cm³/mol. The number of esters is 1. The second-order valence-corrected chi connectivity index (χ2v) is 4.13. The van der Waals surface area contributed by atoms with Crippen molar-refractivity contribution in [2.45, 2.75) is 38.5 Å². The minimum atomic E-state index is -1.13. The van der Waals surface area contributed by atoms with Crippen LogP contribution in [-0.2, 0) is 14.3 Å². The number of hydrogen-bond acceptors (Lipinski definition) is 3. The zero-order valence-electron chi connectivity index (χ0n) is 9.35. The van der Waals surface area contributed by atoms with Crippen LogP contribution in [0.5, 0.6) is 0 Å². The summed E-state index contributed by atoms with van der Waals surface area (Å²) in [7, 11) is 0. The Balaban J connectivity index is 2.09. The Morgan fingerprint density at radius 2 is 1.88 bits per heavy atom. The molecule has 1 aliphatic rings. The van der Waals surface area contributed by atoms with E-state index in [1.54, 1.807) is 0 Å². The molecule has 4 nitrogen and oxygen atoms in total. The average molecular weight is 226 g/mol. The van der Waals surface area contributed by atoms with Gasteiger partial charge in [-0.1, -0.05) is 32.1 Å². The van der Waals surface area contributed by atoms with E-state index in [9.17, 15) is 9.59 Å². The first-order chi connectivity index (χ1) is 7.68. The van der Waals surface area contributed by atoms with Gasteiger partial charge in [0, 0.05) is 12.2 Å². The normalized spacial score (nSPS) is 17.5. The van der Waals surface area contributed by atoms with Crippen LogP contribution in [-0.4, -0.2) is 23.7 Å². The first kappa shape index (κ1) is 12.7. The van der Waals surface area contributed by atoms with Gasteiger partial charge in [0.2, 0.25) is 0 Å². The third kappa shape index (κ3) is 5.53. The van der Waals surface area contributed by atoms with Crippen LogP contribution in [0.25, 0.3) is 0 Å². The quantitative estimate of drug-likeness (QED) is 0.576. The number of carboxylic acid groups (broad SMARTS) is 1. The van der Waals surface area contributed by atoms with Gasteiger partial charge in [-0.3, -0.25) is 0 Å². The molecule has 0 saturated heterocycles. The van der Waals surface area contributed by atoms with Gasteiger partial charge in [0.25, 0.3) is 0 Å². The van der Waals surface area contributed by atoms with Crippen molar-refractivity contribution in [2.75, 3.05) is 6.61 Å². The minimum absolute atomic E-state index is 0.396. The summed E-state index contributed by atoms with van der Waals surface area (Å²) in [6.45, 7) is 0.396. The molecule has 0 amide bonds.